The molecule has 0 aliphatic rings. The minimum Gasteiger partial charge on any atom is -0.411 e. The molecule has 0 aliphatic carbocycles. The van der Waals surface area contributed by atoms with Gasteiger partial charge in [-0.15, -0.1) is 5.16 Å². The second-order valence-electron chi connectivity index (χ2n) is 5.58. The van der Waals surface area contributed by atoms with Gasteiger partial charge in [0, 0.05) is 0 Å². The molecular weight excluding hydrogens is 260 g/mol. The van der Waals surface area contributed by atoms with Gasteiger partial charge in [0.1, 0.15) is 0 Å². The molecule has 21 heavy (non-hydrogen) atoms. The highest BCUT2D eigenvalue weighted by Gasteiger charge is 2.07. The van der Waals surface area contributed by atoms with Crippen LogP contribution >= 0.6 is 0 Å². The van der Waals surface area contributed by atoms with E-state index in [-0.39, 0.29) is 6.04 Å². The fraction of sp³-hybridized carbons (Fsp3) is 0.611. The van der Waals surface area contributed by atoms with Crippen molar-refractivity contribution >= 4 is 6.21 Å². The smallest absolute Gasteiger partial charge is 0.0714 e. The summed E-state index contributed by atoms with van der Waals surface area (Å²) in [5.74, 6) is 0. The first-order chi connectivity index (χ1) is 10.4. The van der Waals surface area contributed by atoms with Crippen molar-refractivity contribution in [3.05, 3.63) is 35.9 Å². The van der Waals surface area contributed by atoms with Gasteiger partial charge in [0.05, 0.1) is 12.3 Å². The zero-order valence-corrected chi connectivity index (χ0v) is 13.3. The molecule has 0 saturated carbocycles. The van der Waals surface area contributed by atoms with Gasteiger partial charge in [-0.2, -0.15) is 0 Å². The molecule has 0 radical (unpaired) electrons. The van der Waals surface area contributed by atoms with Crippen LogP contribution in [0, 0.1) is 0 Å². The Bertz CT molecular complexity index is 365. The zero-order valence-electron chi connectivity index (χ0n) is 13.3. The third kappa shape index (κ3) is 8.51. The molecule has 3 nitrogen and oxygen atoms in total. The van der Waals surface area contributed by atoms with Crippen LogP contribution in [0.25, 0.3) is 0 Å². The maximum absolute atomic E-state index is 8.77. The van der Waals surface area contributed by atoms with Gasteiger partial charge < -0.3 is 10.5 Å². The van der Waals surface area contributed by atoms with Gasteiger partial charge in [0.15, 0.2) is 0 Å². The maximum atomic E-state index is 8.77. The highest BCUT2D eigenvalue weighted by Crippen LogP contribution is 2.11. The summed E-state index contributed by atoms with van der Waals surface area (Å²) in [4.78, 5) is 0. The lowest BCUT2D eigenvalue weighted by Crippen LogP contribution is -2.23. The molecule has 118 valence electrons. The molecule has 0 unspecified atom stereocenters. The van der Waals surface area contributed by atoms with E-state index in [0.29, 0.717) is 0 Å². The fourth-order valence-corrected chi connectivity index (χ4v) is 2.50. The van der Waals surface area contributed by atoms with Gasteiger partial charge in [-0.3, -0.25) is 0 Å². The maximum Gasteiger partial charge on any atom is 0.0714 e. The Morgan fingerprint density at radius 1 is 1.00 bits per heavy atom. The van der Waals surface area contributed by atoms with Crippen molar-refractivity contribution in [1.29, 1.82) is 0 Å². The molecular formula is C18H30N2O. The summed E-state index contributed by atoms with van der Waals surface area (Å²) in [6, 6.07) is 10.1. The zero-order chi connectivity index (χ0) is 15.2. The van der Waals surface area contributed by atoms with Crippen LogP contribution in [0.5, 0.6) is 0 Å². The SMILES string of the molecule is CCCCCCCCCCN[C@H](/C=N\O)c1ccccc1. The summed E-state index contributed by atoms with van der Waals surface area (Å²) < 4.78 is 0. The van der Waals surface area contributed by atoms with Crippen LogP contribution in [-0.2, 0) is 0 Å². The van der Waals surface area contributed by atoms with E-state index in [4.69, 9.17) is 5.21 Å². The Balaban J connectivity index is 2.12. The largest absolute Gasteiger partial charge is 0.411 e. The molecule has 0 saturated heterocycles. The molecule has 0 spiro atoms. The van der Waals surface area contributed by atoms with E-state index in [9.17, 15) is 0 Å². The van der Waals surface area contributed by atoms with E-state index >= 15 is 0 Å². The lowest BCUT2D eigenvalue weighted by Gasteiger charge is -2.14. The molecule has 3 heteroatoms. The summed E-state index contributed by atoms with van der Waals surface area (Å²) in [5, 5.41) is 15.4. The quantitative estimate of drug-likeness (QED) is 0.248. The average Bonchev–Trinajstić information content (AvgIpc) is 2.53. The molecule has 2 N–H and O–H groups in total. The Labute approximate surface area is 129 Å². The summed E-state index contributed by atoms with van der Waals surface area (Å²) in [6.45, 7) is 3.21. The predicted octanol–water partition coefficient (Wildman–Crippen LogP) is 4.92. The van der Waals surface area contributed by atoms with E-state index in [0.717, 1.165) is 12.1 Å². The van der Waals surface area contributed by atoms with E-state index in [2.05, 4.69) is 17.4 Å². The summed E-state index contributed by atoms with van der Waals surface area (Å²) in [7, 11) is 0. The van der Waals surface area contributed by atoms with Gasteiger partial charge in [-0.05, 0) is 18.5 Å². The van der Waals surface area contributed by atoms with Crippen LogP contribution < -0.4 is 5.32 Å². The predicted molar refractivity (Wildman–Crippen MR) is 90.1 cm³/mol. The van der Waals surface area contributed by atoms with Crippen molar-refractivity contribution in [2.24, 2.45) is 5.16 Å². The van der Waals surface area contributed by atoms with Gasteiger partial charge in [0.2, 0.25) is 0 Å². The minimum absolute atomic E-state index is 0.000698. The van der Waals surface area contributed by atoms with Crippen molar-refractivity contribution in [2.75, 3.05) is 6.54 Å². The highest BCUT2D eigenvalue weighted by atomic mass is 16.4. The van der Waals surface area contributed by atoms with E-state index in [1.54, 1.807) is 6.21 Å². The first kappa shape index (κ1) is 17.7. The van der Waals surface area contributed by atoms with Crippen LogP contribution in [0.1, 0.15) is 69.9 Å². The molecule has 0 fully saturated rings. The van der Waals surface area contributed by atoms with Gasteiger partial charge in [-0.25, -0.2) is 0 Å². The minimum atomic E-state index is 0.000698. The number of benzene rings is 1. The van der Waals surface area contributed by atoms with Gasteiger partial charge >= 0.3 is 0 Å². The van der Waals surface area contributed by atoms with Crippen molar-refractivity contribution < 1.29 is 5.21 Å². The van der Waals surface area contributed by atoms with E-state index in [1.807, 2.05) is 30.3 Å². The van der Waals surface area contributed by atoms with Crippen LogP contribution in [0.4, 0.5) is 0 Å². The van der Waals surface area contributed by atoms with Gasteiger partial charge in [0.25, 0.3) is 0 Å². The molecule has 1 rings (SSSR count). The summed E-state index contributed by atoms with van der Waals surface area (Å²) in [5.41, 5.74) is 1.13. The number of hydrogen-bond donors (Lipinski definition) is 2. The number of rotatable bonds is 12. The van der Waals surface area contributed by atoms with E-state index in [1.165, 1.54) is 51.4 Å². The second kappa shape index (κ2) is 12.4. The second-order valence-corrected chi connectivity index (χ2v) is 5.58. The molecule has 0 aliphatic heterocycles. The van der Waals surface area contributed by atoms with Crippen LogP contribution in [-0.4, -0.2) is 18.0 Å². The fourth-order valence-electron chi connectivity index (χ4n) is 2.50. The Morgan fingerprint density at radius 3 is 2.24 bits per heavy atom. The Kier molecular flexibility index (Phi) is 10.4. The van der Waals surface area contributed by atoms with Crippen molar-refractivity contribution in [3.63, 3.8) is 0 Å². The monoisotopic (exact) mass is 290 g/mol. The molecule has 0 bridgehead atoms. The molecule has 1 aromatic rings. The topological polar surface area (TPSA) is 44.6 Å². The van der Waals surface area contributed by atoms with Crippen molar-refractivity contribution in [3.8, 4) is 0 Å². The first-order valence-corrected chi connectivity index (χ1v) is 8.34. The third-order valence-corrected chi connectivity index (χ3v) is 3.77. The molecule has 0 amide bonds. The lowest BCUT2D eigenvalue weighted by molar-refractivity contribution is 0.318. The average molecular weight is 290 g/mol. The molecule has 0 heterocycles. The standard InChI is InChI=1S/C18H30N2O/c1-2-3-4-5-6-7-8-12-15-19-18(16-20-21)17-13-10-9-11-14-17/h9-11,13-14,16,18-19,21H,2-8,12,15H2,1H3/b20-16-/t18-/m1/s1. The highest BCUT2D eigenvalue weighted by molar-refractivity contribution is 5.66. The summed E-state index contributed by atoms with van der Waals surface area (Å²) >= 11 is 0. The van der Waals surface area contributed by atoms with E-state index < -0.39 is 0 Å². The third-order valence-electron chi connectivity index (χ3n) is 3.77. The lowest BCUT2D eigenvalue weighted by atomic mass is 10.1. The van der Waals surface area contributed by atoms with Crippen LogP contribution in [0.15, 0.2) is 35.5 Å². The number of oxime groups is 1. The van der Waals surface area contributed by atoms with Crippen molar-refractivity contribution in [1.82, 2.24) is 5.32 Å². The normalized spacial score (nSPS) is 12.8. The number of nitrogens with zero attached hydrogens (tertiary/aromatic N) is 1. The van der Waals surface area contributed by atoms with Gasteiger partial charge in [-0.1, -0.05) is 82.2 Å². The molecule has 1 atom stereocenters. The number of nitrogens with one attached hydrogen (secondary N) is 1. The van der Waals surface area contributed by atoms with Crippen LogP contribution in [0.2, 0.25) is 0 Å². The van der Waals surface area contributed by atoms with Crippen LogP contribution in [0.3, 0.4) is 0 Å². The Morgan fingerprint density at radius 2 is 1.62 bits per heavy atom. The van der Waals surface area contributed by atoms with Crippen molar-refractivity contribution in [2.45, 2.75) is 64.3 Å². The number of unbranched alkanes of at least 4 members (excludes halogenated alkanes) is 7. The molecule has 0 aromatic heterocycles. The summed E-state index contributed by atoms with van der Waals surface area (Å²) in [6.07, 6.45) is 12.2. The Hall–Kier alpha value is -1.35. The number of hydrogen-bond acceptors (Lipinski definition) is 3. The first-order valence-electron chi connectivity index (χ1n) is 8.34. The molecule has 1 aromatic carbocycles.